The van der Waals surface area contributed by atoms with Gasteiger partial charge in [-0.1, -0.05) is 6.07 Å². The van der Waals surface area contributed by atoms with E-state index in [2.05, 4.69) is 26.0 Å². The summed E-state index contributed by atoms with van der Waals surface area (Å²) < 4.78 is 1.22. The molecule has 0 unspecified atom stereocenters. The van der Waals surface area contributed by atoms with Crippen LogP contribution in [0.1, 0.15) is 33.3 Å². The zero-order chi connectivity index (χ0) is 11.2. The highest BCUT2D eigenvalue weighted by Gasteiger charge is 2.12. The number of carbonyl (C=O) groups is 1. The third-order valence-corrected chi connectivity index (χ3v) is 4.23. The topological polar surface area (TPSA) is 17.1 Å². The molecule has 0 aliphatic carbocycles. The average molecular weight is 218 g/mol. The van der Waals surface area contributed by atoms with Crippen LogP contribution in [-0.2, 0) is 0 Å². The molecule has 0 fully saturated rings. The molecule has 1 heterocycles. The Balaban J connectivity index is 2.83. The van der Waals surface area contributed by atoms with E-state index in [1.54, 1.807) is 18.3 Å². The first kappa shape index (κ1) is 10.4. The smallest absolute Gasteiger partial charge is 0.170 e. The van der Waals surface area contributed by atoms with Gasteiger partial charge in [-0.25, -0.2) is 0 Å². The lowest BCUT2D eigenvalue weighted by Gasteiger charge is -1.99. The fraction of sp³-hybridized carbons (Fsp3) is 0.308. The minimum atomic E-state index is 0.170. The van der Waals surface area contributed by atoms with Gasteiger partial charge in [0.2, 0.25) is 0 Å². The van der Waals surface area contributed by atoms with Gasteiger partial charge >= 0.3 is 0 Å². The van der Waals surface area contributed by atoms with E-state index in [0.29, 0.717) is 0 Å². The Bertz CT molecular complexity index is 549. The Morgan fingerprint density at radius 3 is 2.33 bits per heavy atom. The lowest BCUT2D eigenvalue weighted by molar-refractivity contribution is 0.102. The van der Waals surface area contributed by atoms with Crippen LogP contribution >= 0.6 is 11.3 Å². The first-order chi connectivity index (χ1) is 7.00. The molecule has 78 valence electrons. The highest BCUT2D eigenvalue weighted by atomic mass is 32.1. The number of ketones is 1. The van der Waals surface area contributed by atoms with Crippen molar-refractivity contribution in [2.45, 2.75) is 27.7 Å². The van der Waals surface area contributed by atoms with Crippen LogP contribution in [0.15, 0.2) is 12.1 Å². The van der Waals surface area contributed by atoms with Crippen molar-refractivity contribution in [2.24, 2.45) is 0 Å². The van der Waals surface area contributed by atoms with E-state index in [0.717, 1.165) is 10.4 Å². The Morgan fingerprint density at radius 1 is 1.13 bits per heavy atom. The molecule has 2 rings (SSSR count). The third kappa shape index (κ3) is 1.59. The summed E-state index contributed by atoms with van der Waals surface area (Å²) in [4.78, 5) is 12.3. The molecule has 0 radical (unpaired) electrons. The van der Waals surface area contributed by atoms with E-state index < -0.39 is 0 Å². The SMILES string of the molecule is CC(=O)c1sc2cc(C)c(C)cc2c1C. The van der Waals surface area contributed by atoms with Crippen LogP contribution in [0.5, 0.6) is 0 Å². The Kier molecular flexibility index (Phi) is 2.39. The van der Waals surface area contributed by atoms with Crippen LogP contribution in [0.4, 0.5) is 0 Å². The van der Waals surface area contributed by atoms with Gasteiger partial charge in [-0.2, -0.15) is 0 Å². The fourth-order valence-electron chi connectivity index (χ4n) is 1.81. The second kappa shape index (κ2) is 3.46. The molecule has 0 atom stereocenters. The number of rotatable bonds is 1. The van der Waals surface area contributed by atoms with Crippen molar-refractivity contribution in [3.05, 3.63) is 33.7 Å². The molecule has 0 bridgehead atoms. The highest BCUT2D eigenvalue weighted by molar-refractivity contribution is 7.21. The summed E-state index contributed by atoms with van der Waals surface area (Å²) in [5.41, 5.74) is 3.71. The molecule has 2 aromatic rings. The summed E-state index contributed by atoms with van der Waals surface area (Å²) in [5.74, 6) is 0.170. The highest BCUT2D eigenvalue weighted by Crippen LogP contribution is 2.32. The molecule has 0 amide bonds. The number of benzene rings is 1. The molecular formula is C13H14OS. The molecule has 15 heavy (non-hydrogen) atoms. The Hall–Kier alpha value is -1.15. The van der Waals surface area contributed by atoms with Gasteiger partial charge in [0, 0.05) is 4.70 Å². The van der Waals surface area contributed by atoms with E-state index in [-0.39, 0.29) is 5.78 Å². The van der Waals surface area contributed by atoms with E-state index in [9.17, 15) is 4.79 Å². The van der Waals surface area contributed by atoms with E-state index in [1.807, 2.05) is 6.92 Å². The van der Waals surface area contributed by atoms with Crippen molar-refractivity contribution >= 4 is 27.2 Å². The number of hydrogen-bond donors (Lipinski definition) is 0. The second-order valence-corrected chi connectivity index (χ2v) is 5.10. The first-order valence-corrected chi connectivity index (χ1v) is 5.83. The van der Waals surface area contributed by atoms with Gasteiger partial charge in [-0.3, -0.25) is 4.79 Å². The standard InChI is InChI=1S/C13H14OS/c1-7-5-11-9(3)13(10(4)14)15-12(11)6-8(7)2/h5-6H,1-4H3. The van der Waals surface area contributed by atoms with Crippen molar-refractivity contribution < 1.29 is 4.79 Å². The van der Waals surface area contributed by atoms with Crippen LogP contribution in [0.3, 0.4) is 0 Å². The largest absolute Gasteiger partial charge is 0.294 e. The van der Waals surface area contributed by atoms with Crippen molar-refractivity contribution in [1.82, 2.24) is 0 Å². The molecule has 0 saturated heterocycles. The number of thiophene rings is 1. The number of fused-ring (bicyclic) bond motifs is 1. The lowest BCUT2D eigenvalue weighted by Crippen LogP contribution is -1.89. The predicted molar refractivity (Wildman–Crippen MR) is 66.0 cm³/mol. The van der Waals surface area contributed by atoms with Gasteiger partial charge in [0.05, 0.1) is 4.88 Å². The van der Waals surface area contributed by atoms with Gasteiger partial charge in [-0.15, -0.1) is 11.3 Å². The maximum atomic E-state index is 11.4. The normalized spacial score (nSPS) is 10.9. The molecule has 0 N–H and O–H groups in total. The lowest BCUT2D eigenvalue weighted by atomic mass is 10.0. The fourth-order valence-corrected chi connectivity index (χ4v) is 3.00. The van der Waals surface area contributed by atoms with Crippen LogP contribution in [0, 0.1) is 20.8 Å². The van der Waals surface area contributed by atoms with E-state index in [4.69, 9.17) is 0 Å². The molecule has 1 aromatic heterocycles. The second-order valence-electron chi connectivity index (χ2n) is 4.04. The molecule has 1 aromatic carbocycles. The van der Waals surface area contributed by atoms with Gasteiger partial charge in [0.1, 0.15) is 0 Å². The maximum absolute atomic E-state index is 11.4. The summed E-state index contributed by atoms with van der Waals surface area (Å²) in [6.07, 6.45) is 0. The molecule has 2 heteroatoms. The van der Waals surface area contributed by atoms with Crippen molar-refractivity contribution in [1.29, 1.82) is 0 Å². The van der Waals surface area contributed by atoms with Gasteiger partial charge in [0.15, 0.2) is 5.78 Å². The quantitative estimate of drug-likeness (QED) is 0.660. The summed E-state index contributed by atoms with van der Waals surface area (Å²) in [5, 5.41) is 1.23. The van der Waals surface area contributed by atoms with Crippen LogP contribution < -0.4 is 0 Å². The van der Waals surface area contributed by atoms with Gasteiger partial charge in [-0.05, 0) is 55.8 Å². The summed E-state index contributed by atoms with van der Waals surface area (Å²) in [7, 11) is 0. The van der Waals surface area contributed by atoms with Crippen LogP contribution in [0.2, 0.25) is 0 Å². The number of carbonyl (C=O) groups excluding carboxylic acids is 1. The first-order valence-electron chi connectivity index (χ1n) is 5.02. The Morgan fingerprint density at radius 2 is 1.73 bits per heavy atom. The maximum Gasteiger partial charge on any atom is 0.170 e. The summed E-state index contributed by atoms with van der Waals surface area (Å²) in [6.45, 7) is 7.89. The van der Waals surface area contributed by atoms with Crippen molar-refractivity contribution in [2.75, 3.05) is 0 Å². The Labute approximate surface area is 93.7 Å². The van der Waals surface area contributed by atoms with Crippen LogP contribution in [0.25, 0.3) is 10.1 Å². The average Bonchev–Trinajstić information content (AvgIpc) is 2.46. The number of hydrogen-bond acceptors (Lipinski definition) is 2. The zero-order valence-electron chi connectivity index (χ0n) is 9.47. The molecule has 0 spiro atoms. The van der Waals surface area contributed by atoms with E-state index >= 15 is 0 Å². The summed E-state index contributed by atoms with van der Waals surface area (Å²) >= 11 is 1.61. The zero-order valence-corrected chi connectivity index (χ0v) is 10.3. The molecule has 0 saturated carbocycles. The third-order valence-electron chi connectivity index (χ3n) is 2.87. The molecule has 0 aliphatic heterocycles. The number of aryl methyl sites for hydroxylation is 3. The van der Waals surface area contributed by atoms with Crippen molar-refractivity contribution in [3.8, 4) is 0 Å². The van der Waals surface area contributed by atoms with Crippen molar-refractivity contribution in [3.63, 3.8) is 0 Å². The summed E-state index contributed by atoms with van der Waals surface area (Å²) in [6, 6.07) is 4.36. The number of Topliss-reactive ketones (excluding diaryl/α,β-unsaturated/α-hetero) is 1. The van der Waals surface area contributed by atoms with Crippen LogP contribution in [-0.4, -0.2) is 5.78 Å². The minimum Gasteiger partial charge on any atom is -0.294 e. The molecule has 1 nitrogen and oxygen atoms in total. The molecule has 0 aliphatic rings. The molecular weight excluding hydrogens is 204 g/mol. The monoisotopic (exact) mass is 218 g/mol. The minimum absolute atomic E-state index is 0.170. The predicted octanol–water partition coefficient (Wildman–Crippen LogP) is 4.03. The van der Waals surface area contributed by atoms with E-state index in [1.165, 1.54) is 21.2 Å². The van der Waals surface area contributed by atoms with Gasteiger partial charge < -0.3 is 0 Å². The van der Waals surface area contributed by atoms with Gasteiger partial charge in [0.25, 0.3) is 0 Å².